The van der Waals surface area contributed by atoms with Crippen molar-refractivity contribution in [1.29, 1.82) is 0 Å². The number of ether oxygens (including phenoxy) is 1. The van der Waals surface area contributed by atoms with Crippen LogP contribution in [0.2, 0.25) is 0 Å². The lowest BCUT2D eigenvalue weighted by molar-refractivity contribution is -0.385. The Hall–Kier alpha value is -3.42. The highest BCUT2D eigenvalue weighted by Crippen LogP contribution is 2.21. The van der Waals surface area contributed by atoms with E-state index in [2.05, 4.69) is 5.32 Å². The van der Waals surface area contributed by atoms with Crippen LogP contribution in [-0.2, 0) is 22.6 Å². The van der Waals surface area contributed by atoms with Gasteiger partial charge >= 0.3 is 0 Å². The molecule has 0 spiro atoms. The molecule has 1 atom stereocenters. The van der Waals surface area contributed by atoms with Crippen LogP contribution >= 0.6 is 0 Å². The van der Waals surface area contributed by atoms with Crippen molar-refractivity contribution in [2.24, 2.45) is 5.92 Å². The Morgan fingerprint density at radius 1 is 1.13 bits per heavy atom. The van der Waals surface area contributed by atoms with Crippen LogP contribution in [-0.4, -0.2) is 41.3 Å². The second-order valence-corrected chi connectivity index (χ2v) is 7.75. The van der Waals surface area contributed by atoms with Crippen LogP contribution in [0, 0.1) is 16.0 Å². The Bertz CT molecular complexity index is 929. The topological polar surface area (TPSA) is 102 Å². The van der Waals surface area contributed by atoms with Crippen molar-refractivity contribution in [2.45, 2.75) is 39.8 Å². The highest BCUT2D eigenvalue weighted by atomic mass is 16.6. The summed E-state index contributed by atoms with van der Waals surface area (Å²) in [6.07, 6.45) is -0.178. The fourth-order valence-corrected chi connectivity index (χ4v) is 3.11. The number of nitro benzene ring substituents is 1. The van der Waals surface area contributed by atoms with Gasteiger partial charge in [0.25, 0.3) is 5.69 Å². The lowest BCUT2D eigenvalue weighted by Gasteiger charge is -2.29. The maximum Gasteiger partial charge on any atom is 0.273 e. The third-order valence-corrected chi connectivity index (χ3v) is 4.87. The van der Waals surface area contributed by atoms with Crippen molar-refractivity contribution in [1.82, 2.24) is 10.2 Å². The van der Waals surface area contributed by atoms with Crippen LogP contribution in [0.5, 0.6) is 5.75 Å². The third kappa shape index (κ3) is 6.80. The second kappa shape index (κ2) is 11.1. The molecule has 0 fully saturated rings. The van der Waals surface area contributed by atoms with E-state index in [1.807, 2.05) is 26.0 Å². The lowest BCUT2D eigenvalue weighted by atomic mass is 10.1. The molecule has 2 aromatic rings. The number of rotatable bonds is 10. The number of hydrogen-bond acceptors (Lipinski definition) is 5. The number of nitro groups is 1. The van der Waals surface area contributed by atoms with Gasteiger partial charge in [-0.3, -0.25) is 19.7 Å². The molecule has 0 aliphatic heterocycles. The van der Waals surface area contributed by atoms with E-state index in [0.717, 1.165) is 5.56 Å². The summed E-state index contributed by atoms with van der Waals surface area (Å²) in [5, 5.41) is 14.2. The number of carbonyl (C=O) groups excluding carboxylic acids is 2. The number of nitrogens with zero attached hydrogens (tertiary/aromatic N) is 2. The summed E-state index contributed by atoms with van der Waals surface area (Å²) < 4.78 is 5.25. The zero-order chi connectivity index (χ0) is 23.0. The largest absolute Gasteiger partial charge is 0.497 e. The Morgan fingerprint density at radius 2 is 1.84 bits per heavy atom. The average Bonchev–Trinajstić information content (AvgIpc) is 2.75. The molecule has 166 valence electrons. The normalized spacial score (nSPS) is 11.6. The fourth-order valence-electron chi connectivity index (χ4n) is 3.11. The molecule has 0 heterocycles. The standard InChI is InChI=1S/C23H29N3O5/c1-16(2)14-24-23(28)17(3)25(15-18-8-7-10-20(12-18)31-4)22(27)13-19-9-5-6-11-21(19)26(29)30/h5-12,16-17H,13-15H2,1-4H3,(H,24,28)/t17-/m0/s1. The van der Waals surface area contributed by atoms with E-state index in [1.165, 1.54) is 11.0 Å². The predicted molar refractivity (Wildman–Crippen MR) is 118 cm³/mol. The van der Waals surface area contributed by atoms with Gasteiger partial charge in [-0.05, 0) is 30.5 Å². The van der Waals surface area contributed by atoms with Crippen molar-refractivity contribution >= 4 is 17.5 Å². The van der Waals surface area contributed by atoms with E-state index < -0.39 is 11.0 Å². The van der Waals surface area contributed by atoms with Crippen LogP contribution in [0.3, 0.4) is 0 Å². The van der Waals surface area contributed by atoms with E-state index in [1.54, 1.807) is 44.4 Å². The molecule has 0 aliphatic carbocycles. The van der Waals surface area contributed by atoms with Crippen LogP contribution in [0.4, 0.5) is 5.69 Å². The number of methoxy groups -OCH3 is 1. The summed E-state index contributed by atoms with van der Waals surface area (Å²) in [5.41, 5.74) is 0.982. The van der Waals surface area contributed by atoms with Crippen LogP contribution in [0.25, 0.3) is 0 Å². The molecule has 8 nitrogen and oxygen atoms in total. The fraction of sp³-hybridized carbons (Fsp3) is 0.391. The molecule has 1 N–H and O–H groups in total. The van der Waals surface area contributed by atoms with Gasteiger partial charge in [-0.15, -0.1) is 0 Å². The van der Waals surface area contributed by atoms with Gasteiger partial charge in [-0.1, -0.05) is 44.2 Å². The van der Waals surface area contributed by atoms with E-state index in [9.17, 15) is 19.7 Å². The molecule has 0 radical (unpaired) electrons. The predicted octanol–water partition coefficient (Wildman–Crippen LogP) is 3.34. The van der Waals surface area contributed by atoms with Crippen molar-refractivity contribution in [3.05, 3.63) is 69.8 Å². The Kier molecular flexibility index (Phi) is 8.54. The van der Waals surface area contributed by atoms with Gasteiger partial charge in [-0.2, -0.15) is 0 Å². The summed E-state index contributed by atoms with van der Waals surface area (Å²) in [5.74, 6) is 0.267. The molecule has 0 aromatic heterocycles. The summed E-state index contributed by atoms with van der Waals surface area (Å²) in [7, 11) is 1.55. The third-order valence-electron chi connectivity index (χ3n) is 4.87. The molecular weight excluding hydrogens is 398 g/mol. The molecule has 31 heavy (non-hydrogen) atoms. The summed E-state index contributed by atoms with van der Waals surface area (Å²) in [6, 6.07) is 12.6. The summed E-state index contributed by atoms with van der Waals surface area (Å²) in [6.45, 7) is 6.30. The first kappa shape index (κ1) is 23.9. The summed E-state index contributed by atoms with van der Waals surface area (Å²) in [4.78, 5) is 38.2. The zero-order valence-corrected chi connectivity index (χ0v) is 18.3. The van der Waals surface area contributed by atoms with Crippen LogP contribution in [0.15, 0.2) is 48.5 Å². The van der Waals surface area contributed by atoms with Gasteiger partial charge in [0, 0.05) is 24.7 Å². The minimum atomic E-state index is -0.750. The van der Waals surface area contributed by atoms with E-state index in [0.29, 0.717) is 17.9 Å². The SMILES string of the molecule is COc1cccc(CN(C(=O)Cc2ccccc2[N+](=O)[O-])[C@@H](C)C(=O)NCC(C)C)c1. The first-order chi connectivity index (χ1) is 14.7. The monoisotopic (exact) mass is 427 g/mol. The van der Waals surface area contributed by atoms with Gasteiger partial charge in [0.15, 0.2) is 0 Å². The van der Waals surface area contributed by atoms with Crippen molar-refractivity contribution in [3.8, 4) is 5.75 Å². The quantitative estimate of drug-likeness (QED) is 0.463. The van der Waals surface area contributed by atoms with Crippen LogP contribution in [0.1, 0.15) is 31.9 Å². The first-order valence-corrected chi connectivity index (χ1v) is 10.1. The molecule has 0 saturated heterocycles. The molecule has 2 rings (SSSR count). The van der Waals surface area contributed by atoms with Gasteiger partial charge in [0.05, 0.1) is 18.5 Å². The number of nitrogens with one attached hydrogen (secondary N) is 1. The maximum atomic E-state index is 13.2. The lowest BCUT2D eigenvalue weighted by Crippen LogP contribution is -2.48. The number of para-hydroxylation sites is 1. The molecular formula is C23H29N3O5. The zero-order valence-electron chi connectivity index (χ0n) is 18.3. The van der Waals surface area contributed by atoms with E-state index in [4.69, 9.17) is 4.74 Å². The van der Waals surface area contributed by atoms with Crippen molar-refractivity contribution in [2.75, 3.05) is 13.7 Å². The van der Waals surface area contributed by atoms with Crippen molar-refractivity contribution < 1.29 is 19.2 Å². The average molecular weight is 428 g/mol. The smallest absolute Gasteiger partial charge is 0.273 e. The number of benzene rings is 2. The first-order valence-electron chi connectivity index (χ1n) is 10.1. The van der Waals surface area contributed by atoms with Gasteiger partial charge < -0.3 is 15.0 Å². The molecule has 0 bridgehead atoms. The maximum absolute atomic E-state index is 13.2. The molecule has 0 unspecified atom stereocenters. The molecule has 2 amide bonds. The molecule has 0 saturated carbocycles. The minimum Gasteiger partial charge on any atom is -0.497 e. The number of carbonyl (C=O) groups is 2. The van der Waals surface area contributed by atoms with E-state index >= 15 is 0 Å². The van der Waals surface area contributed by atoms with Gasteiger partial charge in [0.2, 0.25) is 11.8 Å². The molecule has 2 aromatic carbocycles. The van der Waals surface area contributed by atoms with Crippen LogP contribution < -0.4 is 10.1 Å². The summed E-state index contributed by atoms with van der Waals surface area (Å²) >= 11 is 0. The highest BCUT2D eigenvalue weighted by molar-refractivity contribution is 5.88. The number of amides is 2. The highest BCUT2D eigenvalue weighted by Gasteiger charge is 2.28. The Morgan fingerprint density at radius 3 is 2.48 bits per heavy atom. The van der Waals surface area contributed by atoms with Gasteiger partial charge in [-0.25, -0.2) is 0 Å². The Labute approximate surface area is 182 Å². The van der Waals surface area contributed by atoms with Crippen molar-refractivity contribution in [3.63, 3.8) is 0 Å². The Balaban J connectivity index is 2.30. The van der Waals surface area contributed by atoms with Gasteiger partial charge in [0.1, 0.15) is 11.8 Å². The number of hydrogen-bond donors (Lipinski definition) is 1. The second-order valence-electron chi connectivity index (χ2n) is 7.75. The molecule has 8 heteroatoms. The molecule has 0 aliphatic rings. The van der Waals surface area contributed by atoms with E-state index in [-0.39, 0.29) is 36.4 Å². The minimum absolute atomic E-state index is 0.117.